The van der Waals surface area contributed by atoms with Crippen LogP contribution in [0, 0.1) is 0 Å². The van der Waals surface area contributed by atoms with Crippen molar-refractivity contribution in [2.24, 2.45) is 0 Å². The quantitative estimate of drug-likeness (QED) is 0.574. The van der Waals surface area contributed by atoms with Crippen LogP contribution in [0.3, 0.4) is 0 Å². The number of aromatic nitrogens is 1. The van der Waals surface area contributed by atoms with E-state index in [0.717, 1.165) is 35.8 Å². The highest BCUT2D eigenvalue weighted by atomic mass is 16.5. The molecule has 1 fully saturated rings. The number of carbonyl (C=O) groups excluding carboxylic acids is 1. The van der Waals surface area contributed by atoms with E-state index in [-0.39, 0.29) is 12.1 Å². The van der Waals surface area contributed by atoms with Gasteiger partial charge in [0.1, 0.15) is 5.75 Å². The zero-order valence-electron chi connectivity index (χ0n) is 16.6. The minimum absolute atomic E-state index is 0.149. The molecule has 0 unspecified atom stereocenters. The molecule has 1 aliphatic rings. The lowest BCUT2D eigenvalue weighted by Crippen LogP contribution is -2.52. The Morgan fingerprint density at radius 1 is 1.00 bits per heavy atom. The van der Waals surface area contributed by atoms with Crippen molar-refractivity contribution in [2.75, 3.05) is 32.2 Å². The number of hydrogen-bond donors (Lipinski definition) is 0. The van der Waals surface area contributed by atoms with Gasteiger partial charge < -0.3 is 23.7 Å². The van der Waals surface area contributed by atoms with E-state index in [0.29, 0.717) is 12.2 Å². The van der Waals surface area contributed by atoms with Crippen LogP contribution in [-0.2, 0) is 16.1 Å². The summed E-state index contributed by atoms with van der Waals surface area (Å²) in [4.78, 5) is 14.5. The van der Waals surface area contributed by atoms with Gasteiger partial charge in [-0.1, -0.05) is 18.2 Å². The third-order valence-electron chi connectivity index (χ3n) is 5.12. The minimum Gasteiger partial charge on any atom is -0.497 e. The lowest BCUT2D eigenvalue weighted by molar-refractivity contribution is 0.0224. The van der Waals surface area contributed by atoms with Gasteiger partial charge in [0.05, 0.1) is 43.9 Å². The molecule has 29 heavy (non-hydrogen) atoms. The maximum absolute atomic E-state index is 12.3. The largest absolute Gasteiger partial charge is 0.497 e. The number of nitrogens with zero attached hydrogens (tertiary/aromatic N) is 2. The predicted molar refractivity (Wildman–Crippen MR) is 111 cm³/mol. The number of para-hydroxylation sites is 1. The fourth-order valence-electron chi connectivity index (χ4n) is 3.49. The molecule has 150 valence electrons. The first-order valence-corrected chi connectivity index (χ1v) is 9.53. The Morgan fingerprint density at radius 2 is 1.72 bits per heavy atom. The SMILES string of the molecule is COC(=O)c1cccc(N2CC(OCc3ccc(OC)cc3)C2)c1-n1cccc1. The summed E-state index contributed by atoms with van der Waals surface area (Å²) >= 11 is 0. The third-order valence-corrected chi connectivity index (χ3v) is 5.12. The van der Waals surface area contributed by atoms with Gasteiger partial charge in [0, 0.05) is 25.5 Å². The predicted octanol–water partition coefficient (Wildman–Crippen LogP) is 3.68. The van der Waals surface area contributed by atoms with E-state index in [4.69, 9.17) is 14.2 Å². The van der Waals surface area contributed by atoms with Crippen molar-refractivity contribution in [3.05, 3.63) is 78.1 Å². The molecule has 1 aliphatic heterocycles. The number of ether oxygens (including phenoxy) is 3. The molecule has 6 nitrogen and oxygen atoms in total. The Balaban J connectivity index is 1.45. The summed E-state index contributed by atoms with van der Waals surface area (Å²) in [6.07, 6.45) is 4.02. The average Bonchev–Trinajstić information content (AvgIpc) is 3.26. The third kappa shape index (κ3) is 3.98. The lowest BCUT2D eigenvalue weighted by atomic mass is 10.1. The fraction of sp³-hybridized carbons (Fsp3) is 0.261. The molecule has 4 rings (SSSR count). The first kappa shape index (κ1) is 19.1. The van der Waals surface area contributed by atoms with Gasteiger partial charge in [-0.15, -0.1) is 0 Å². The van der Waals surface area contributed by atoms with Gasteiger partial charge in [0.2, 0.25) is 0 Å². The number of esters is 1. The summed E-state index contributed by atoms with van der Waals surface area (Å²) in [6, 6.07) is 17.5. The molecule has 0 saturated carbocycles. The number of methoxy groups -OCH3 is 2. The molecule has 2 heterocycles. The summed E-state index contributed by atoms with van der Waals surface area (Å²) in [5.74, 6) is 0.495. The number of rotatable bonds is 7. The second-order valence-electron chi connectivity index (χ2n) is 6.94. The molecule has 0 atom stereocenters. The molecule has 0 aliphatic carbocycles. The maximum atomic E-state index is 12.3. The van der Waals surface area contributed by atoms with Gasteiger partial charge >= 0.3 is 5.97 Å². The van der Waals surface area contributed by atoms with Crippen molar-refractivity contribution < 1.29 is 19.0 Å². The topological polar surface area (TPSA) is 52.9 Å². The summed E-state index contributed by atoms with van der Waals surface area (Å²) < 4.78 is 18.2. The van der Waals surface area contributed by atoms with E-state index >= 15 is 0 Å². The van der Waals surface area contributed by atoms with Crippen LogP contribution in [0.15, 0.2) is 67.0 Å². The minimum atomic E-state index is -0.344. The average molecular weight is 392 g/mol. The highest BCUT2D eigenvalue weighted by Crippen LogP contribution is 2.32. The fourth-order valence-corrected chi connectivity index (χ4v) is 3.49. The molecule has 2 aromatic carbocycles. The van der Waals surface area contributed by atoms with Crippen LogP contribution >= 0.6 is 0 Å². The zero-order valence-corrected chi connectivity index (χ0v) is 16.6. The van der Waals surface area contributed by atoms with E-state index in [9.17, 15) is 4.79 Å². The molecule has 0 radical (unpaired) electrons. The van der Waals surface area contributed by atoms with Crippen LogP contribution in [0.4, 0.5) is 5.69 Å². The molecule has 0 bridgehead atoms. The Hall–Kier alpha value is -3.25. The van der Waals surface area contributed by atoms with Gasteiger partial charge in [0.25, 0.3) is 0 Å². The normalized spacial score (nSPS) is 13.8. The summed E-state index contributed by atoms with van der Waals surface area (Å²) in [7, 11) is 3.06. The van der Waals surface area contributed by atoms with Crippen molar-refractivity contribution in [3.8, 4) is 11.4 Å². The summed E-state index contributed by atoms with van der Waals surface area (Å²) in [5, 5.41) is 0. The Bertz CT molecular complexity index is 961. The molecule has 1 aromatic heterocycles. The van der Waals surface area contributed by atoms with Crippen molar-refractivity contribution in [1.29, 1.82) is 0 Å². The monoisotopic (exact) mass is 392 g/mol. The molecule has 0 spiro atoms. The molecule has 6 heteroatoms. The second kappa shape index (κ2) is 8.41. The molecule has 0 N–H and O–H groups in total. The maximum Gasteiger partial charge on any atom is 0.340 e. The standard InChI is InChI=1S/C23H24N2O4/c1-27-18-10-8-17(9-11-18)16-29-19-14-25(15-19)21-7-5-6-20(23(26)28-2)22(21)24-12-3-4-13-24/h3-13,19H,14-16H2,1-2H3. The van der Waals surface area contributed by atoms with Gasteiger partial charge in [-0.2, -0.15) is 0 Å². The van der Waals surface area contributed by atoms with E-state index in [1.807, 2.05) is 65.5 Å². The summed E-state index contributed by atoms with van der Waals surface area (Å²) in [6.45, 7) is 2.11. The Kier molecular flexibility index (Phi) is 5.53. The van der Waals surface area contributed by atoms with Gasteiger partial charge in [-0.3, -0.25) is 0 Å². The molecule has 0 amide bonds. The van der Waals surface area contributed by atoms with E-state index < -0.39 is 0 Å². The molecular formula is C23H24N2O4. The molecule has 1 saturated heterocycles. The number of hydrogen-bond acceptors (Lipinski definition) is 5. The number of benzene rings is 2. The highest BCUT2D eigenvalue weighted by molar-refractivity contribution is 5.96. The summed E-state index contributed by atoms with van der Waals surface area (Å²) in [5.41, 5.74) is 3.49. The zero-order chi connectivity index (χ0) is 20.2. The Labute approximate surface area is 170 Å². The van der Waals surface area contributed by atoms with Crippen LogP contribution in [0.1, 0.15) is 15.9 Å². The van der Waals surface area contributed by atoms with E-state index in [1.165, 1.54) is 7.11 Å². The van der Waals surface area contributed by atoms with Crippen molar-refractivity contribution >= 4 is 11.7 Å². The molecular weight excluding hydrogens is 368 g/mol. The van der Waals surface area contributed by atoms with Crippen LogP contribution in [0.2, 0.25) is 0 Å². The highest BCUT2D eigenvalue weighted by Gasteiger charge is 2.31. The van der Waals surface area contributed by atoms with Crippen LogP contribution < -0.4 is 9.64 Å². The van der Waals surface area contributed by atoms with E-state index in [2.05, 4.69) is 4.90 Å². The van der Waals surface area contributed by atoms with Crippen molar-refractivity contribution in [2.45, 2.75) is 12.7 Å². The first-order chi connectivity index (χ1) is 14.2. The van der Waals surface area contributed by atoms with Gasteiger partial charge in [-0.25, -0.2) is 4.79 Å². The smallest absolute Gasteiger partial charge is 0.340 e. The van der Waals surface area contributed by atoms with E-state index in [1.54, 1.807) is 13.2 Å². The van der Waals surface area contributed by atoms with Crippen molar-refractivity contribution in [3.63, 3.8) is 0 Å². The van der Waals surface area contributed by atoms with Crippen LogP contribution in [0.5, 0.6) is 5.75 Å². The second-order valence-corrected chi connectivity index (χ2v) is 6.94. The van der Waals surface area contributed by atoms with Gasteiger partial charge in [-0.05, 0) is 42.0 Å². The molecule has 3 aromatic rings. The Morgan fingerprint density at radius 3 is 2.38 bits per heavy atom. The van der Waals surface area contributed by atoms with Crippen LogP contribution in [0.25, 0.3) is 5.69 Å². The van der Waals surface area contributed by atoms with Crippen LogP contribution in [-0.4, -0.2) is 43.9 Å². The van der Waals surface area contributed by atoms with Crippen molar-refractivity contribution in [1.82, 2.24) is 4.57 Å². The lowest BCUT2D eigenvalue weighted by Gasteiger charge is -2.41. The number of carbonyl (C=O) groups is 1. The first-order valence-electron chi connectivity index (χ1n) is 9.53. The number of anilines is 1. The van der Waals surface area contributed by atoms with Gasteiger partial charge in [0.15, 0.2) is 0 Å².